The Morgan fingerprint density at radius 1 is 1.08 bits per heavy atom. The molecule has 24 heavy (non-hydrogen) atoms. The highest BCUT2D eigenvalue weighted by Crippen LogP contribution is 2.21. The summed E-state index contributed by atoms with van der Waals surface area (Å²) in [5.74, 6) is 1.06. The zero-order valence-electron chi connectivity index (χ0n) is 13.9. The largest absolute Gasteiger partial charge is 0.497 e. The Morgan fingerprint density at radius 3 is 2.54 bits per heavy atom. The fourth-order valence-corrected chi connectivity index (χ4v) is 2.15. The Balaban J connectivity index is 2.25. The van der Waals surface area contributed by atoms with Gasteiger partial charge in [0, 0.05) is 18.7 Å². The monoisotopic (exact) mass is 328 g/mol. The molecule has 2 aromatic rings. The van der Waals surface area contributed by atoms with E-state index < -0.39 is 0 Å². The van der Waals surface area contributed by atoms with E-state index in [0.717, 1.165) is 5.56 Å². The number of nitrogens with zero attached hydrogens (tertiary/aromatic N) is 1. The maximum absolute atomic E-state index is 12.0. The van der Waals surface area contributed by atoms with E-state index in [2.05, 4.69) is 10.5 Å². The topological polar surface area (TPSA) is 69.2 Å². The Morgan fingerprint density at radius 2 is 1.83 bits per heavy atom. The molecule has 1 N–H and O–H groups in total. The Hall–Kier alpha value is -3.02. The molecule has 0 radical (unpaired) electrons. The molecule has 6 heteroatoms. The molecule has 0 bridgehead atoms. The van der Waals surface area contributed by atoms with Crippen molar-refractivity contribution in [1.29, 1.82) is 0 Å². The molecule has 0 unspecified atom stereocenters. The molecular weight excluding hydrogens is 308 g/mol. The summed E-state index contributed by atoms with van der Waals surface area (Å²) in [6.45, 7) is 0.281. The number of oxime groups is 1. The average Bonchev–Trinajstić information content (AvgIpc) is 2.64. The van der Waals surface area contributed by atoms with E-state index in [1.165, 1.54) is 7.11 Å². The van der Waals surface area contributed by atoms with Gasteiger partial charge in [0.05, 0.1) is 7.11 Å². The first-order valence-corrected chi connectivity index (χ1v) is 7.38. The molecule has 1 amide bonds. The van der Waals surface area contributed by atoms with Crippen LogP contribution in [0.25, 0.3) is 0 Å². The normalized spacial score (nSPS) is 10.9. The predicted molar refractivity (Wildman–Crippen MR) is 91.4 cm³/mol. The number of hydrogen-bond donors (Lipinski definition) is 1. The first kappa shape index (κ1) is 17.3. The van der Waals surface area contributed by atoms with Crippen molar-refractivity contribution in [1.82, 2.24) is 5.32 Å². The number of likely N-dealkylation sites (N-methyl/N-ethyl adjacent to an activating group) is 1. The van der Waals surface area contributed by atoms with Gasteiger partial charge in [-0.05, 0) is 17.7 Å². The second kappa shape index (κ2) is 8.57. The summed E-state index contributed by atoms with van der Waals surface area (Å²) in [6, 6.07) is 14.7. The van der Waals surface area contributed by atoms with Crippen molar-refractivity contribution in [2.24, 2.45) is 5.16 Å². The van der Waals surface area contributed by atoms with E-state index in [1.54, 1.807) is 26.3 Å². The second-order valence-electron chi connectivity index (χ2n) is 4.83. The van der Waals surface area contributed by atoms with Gasteiger partial charge in [0.15, 0.2) is 5.71 Å². The summed E-state index contributed by atoms with van der Waals surface area (Å²) in [6.07, 6.45) is 0. The fraction of sp³-hybridized carbons (Fsp3) is 0.222. The highest BCUT2D eigenvalue weighted by atomic mass is 16.6. The third-order valence-electron chi connectivity index (χ3n) is 3.33. The molecule has 2 aromatic carbocycles. The van der Waals surface area contributed by atoms with Crippen molar-refractivity contribution in [2.45, 2.75) is 6.61 Å². The van der Waals surface area contributed by atoms with Gasteiger partial charge in [0.1, 0.15) is 25.2 Å². The van der Waals surface area contributed by atoms with Crippen molar-refractivity contribution in [2.75, 3.05) is 21.3 Å². The van der Waals surface area contributed by atoms with E-state index in [-0.39, 0.29) is 18.2 Å². The van der Waals surface area contributed by atoms with Crippen LogP contribution in [0, 0.1) is 0 Å². The summed E-state index contributed by atoms with van der Waals surface area (Å²) < 4.78 is 11.0. The van der Waals surface area contributed by atoms with E-state index in [9.17, 15) is 4.79 Å². The predicted octanol–water partition coefficient (Wildman–Crippen LogP) is 2.37. The summed E-state index contributed by atoms with van der Waals surface area (Å²) in [4.78, 5) is 16.8. The standard InChI is InChI=1S/C18H20N2O4/c1-19-18(21)17(20-23-3)16-10-5-4-7-13(16)12-24-15-9-6-8-14(11-15)22-2/h4-11H,12H2,1-3H3,(H,19,21). The van der Waals surface area contributed by atoms with Crippen molar-refractivity contribution in [3.05, 3.63) is 59.7 Å². The van der Waals surface area contributed by atoms with E-state index >= 15 is 0 Å². The molecule has 2 rings (SSSR count). The first-order valence-electron chi connectivity index (χ1n) is 7.38. The fourth-order valence-electron chi connectivity index (χ4n) is 2.15. The number of carbonyl (C=O) groups excluding carboxylic acids is 1. The number of methoxy groups -OCH3 is 1. The summed E-state index contributed by atoms with van der Waals surface area (Å²) >= 11 is 0. The summed E-state index contributed by atoms with van der Waals surface area (Å²) in [5, 5.41) is 6.39. The van der Waals surface area contributed by atoms with Gasteiger partial charge in [0.2, 0.25) is 0 Å². The van der Waals surface area contributed by atoms with Crippen LogP contribution in [0.2, 0.25) is 0 Å². The minimum Gasteiger partial charge on any atom is -0.497 e. The number of ether oxygens (including phenoxy) is 2. The number of rotatable bonds is 7. The zero-order chi connectivity index (χ0) is 17.4. The second-order valence-corrected chi connectivity index (χ2v) is 4.83. The molecule has 0 saturated heterocycles. The lowest BCUT2D eigenvalue weighted by molar-refractivity contribution is -0.114. The highest BCUT2D eigenvalue weighted by Gasteiger charge is 2.17. The molecule has 0 atom stereocenters. The SMILES string of the molecule is CNC(=O)C(=NOC)c1ccccc1COc1cccc(OC)c1. The smallest absolute Gasteiger partial charge is 0.273 e. The highest BCUT2D eigenvalue weighted by molar-refractivity contribution is 6.45. The van der Waals surface area contributed by atoms with E-state index in [1.807, 2.05) is 36.4 Å². The zero-order valence-corrected chi connectivity index (χ0v) is 13.9. The third kappa shape index (κ3) is 4.25. The van der Waals surface area contributed by atoms with Gasteiger partial charge in [-0.15, -0.1) is 0 Å². The van der Waals surface area contributed by atoms with Crippen molar-refractivity contribution in [3.63, 3.8) is 0 Å². The van der Waals surface area contributed by atoms with Crippen LogP contribution in [0.4, 0.5) is 0 Å². The van der Waals surface area contributed by atoms with Crippen LogP contribution in [0.5, 0.6) is 11.5 Å². The van der Waals surface area contributed by atoms with Crippen LogP contribution in [0.15, 0.2) is 53.7 Å². The molecular formula is C18H20N2O4. The number of nitrogens with one attached hydrogen (secondary N) is 1. The third-order valence-corrected chi connectivity index (χ3v) is 3.33. The van der Waals surface area contributed by atoms with Gasteiger partial charge in [-0.3, -0.25) is 4.79 Å². The van der Waals surface area contributed by atoms with Crippen LogP contribution in [-0.4, -0.2) is 32.9 Å². The molecule has 126 valence electrons. The van der Waals surface area contributed by atoms with Gasteiger partial charge in [-0.2, -0.15) is 0 Å². The maximum atomic E-state index is 12.0. The molecule has 0 aliphatic heterocycles. The molecule has 0 aromatic heterocycles. The molecule has 0 fully saturated rings. The molecule has 0 saturated carbocycles. The van der Waals surface area contributed by atoms with Crippen LogP contribution >= 0.6 is 0 Å². The van der Waals surface area contributed by atoms with Gasteiger partial charge in [-0.1, -0.05) is 35.5 Å². The lowest BCUT2D eigenvalue weighted by Gasteiger charge is -2.12. The number of hydrogen-bond acceptors (Lipinski definition) is 5. The average molecular weight is 328 g/mol. The molecule has 0 aliphatic carbocycles. The Bertz CT molecular complexity index is 728. The van der Waals surface area contributed by atoms with Gasteiger partial charge >= 0.3 is 0 Å². The van der Waals surface area contributed by atoms with Gasteiger partial charge < -0.3 is 19.6 Å². The minimum atomic E-state index is -0.328. The van der Waals surface area contributed by atoms with Crippen LogP contribution in [-0.2, 0) is 16.2 Å². The summed E-state index contributed by atoms with van der Waals surface area (Å²) in [5.41, 5.74) is 1.67. The van der Waals surface area contributed by atoms with Crippen molar-refractivity contribution >= 4 is 11.6 Å². The molecule has 0 aliphatic rings. The van der Waals surface area contributed by atoms with Crippen LogP contribution in [0.1, 0.15) is 11.1 Å². The molecule has 0 heterocycles. The number of carbonyl (C=O) groups is 1. The van der Waals surface area contributed by atoms with Crippen molar-refractivity contribution in [3.8, 4) is 11.5 Å². The van der Waals surface area contributed by atoms with Crippen molar-refractivity contribution < 1.29 is 19.1 Å². The van der Waals surface area contributed by atoms with Crippen LogP contribution < -0.4 is 14.8 Å². The first-order chi connectivity index (χ1) is 11.7. The van der Waals surface area contributed by atoms with Gasteiger partial charge in [-0.25, -0.2) is 0 Å². The Labute approximate surface area is 141 Å². The van der Waals surface area contributed by atoms with E-state index in [4.69, 9.17) is 14.3 Å². The minimum absolute atomic E-state index is 0.199. The molecule has 0 spiro atoms. The summed E-state index contributed by atoms with van der Waals surface area (Å²) in [7, 11) is 4.55. The maximum Gasteiger partial charge on any atom is 0.273 e. The molecule has 6 nitrogen and oxygen atoms in total. The number of benzene rings is 2. The lowest BCUT2D eigenvalue weighted by atomic mass is 10.0. The van der Waals surface area contributed by atoms with E-state index in [0.29, 0.717) is 17.1 Å². The lowest BCUT2D eigenvalue weighted by Crippen LogP contribution is -2.29. The van der Waals surface area contributed by atoms with Gasteiger partial charge in [0.25, 0.3) is 5.91 Å². The number of amides is 1. The van der Waals surface area contributed by atoms with Crippen LogP contribution in [0.3, 0.4) is 0 Å². The quantitative estimate of drug-likeness (QED) is 0.626. The Kier molecular flexibility index (Phi) is 6.19.